The second-order valence-corrected chi connectivity index (χ2v) is 20.7. The van der Waals surface area contributed by atoms with Gasteiger partial charge in [0, 0.05) is 55.1 Å². The highest BCUT2D eigenvalue weighted by Crippen LogP contribution is 2.46. The van der Waals surface area contributed by atoms with Crippen LogP contribution in [0.3, 0.4) is 0 Å². The lowest BCUT2D eigenvalue weighted by molar-refractivity contribution is 0.445. The summed E-state index contributed by atoms with van der Waals surface area (Å²) in [4.78, 5) is 0. The molecule has 2 N–H and O–H groups in total. The van der Waals surface area contributed by atoms with Crippen molar-refractivity contribution in [2.45, 2.75) is 151 Å². The Morgan fingerprint density at radius 1 is 0.481 bits per heavy atom. The van der Waals surface area contributed by atoms with Crippen molar-refractivity contribution in [2.24, 2.45) is 0 Å². The molecule has 5 rings (SSSR count). The van der Waals surface area contributed by atoms with Crippen molar-refractivity contribution in [3.05, 3.63) is 129 Å². The molecule has 1 aliphatic rings. The van der Waals surface area contributed by atoms with Gasteiger partial charge in [-0.25, -0.2) is 0 Å². The van der Waals surface area contributed by atoms with Gasteiger partial charge in [-0.2, -0.15) is 23.5 Å². The minimum atomic E-state index is -0.331. The van der Waals surface area contributed by atoms with E-state index < -0.39 is 0 Å². The number of benzene rings is 4. The molecule has 2 atom stereocenters. The van der Waals surface area contributed by atoms with Crippen LogP contribution in [0.1, 0.15) is 152 Å². The first-order valence-electron chi connectivity index (χ1n) is 19.5. The lowest BCUT2D eigenvalue weighted by Gasteiger charge is -2.32. The van der Waals surface area contributed by atoms with Crippen LogP contribution in [0, 0.1) is 0 Å². The lowest BCUT2D eigenvalue weighted by atomic mass is 9.74. The first-order valence-corrected chi connectivity index (χ1v) is 21.6. The smallest absolute Gasteiger partial charge is 0.123 e. The maximum absolute atomic E-state index is 12.0. The van der Waals surface area contributed by atoms with E-state index in [2.05, 4.69) is 154 Å². The molecule has 4 aromatic rings. The molecule has 1 aliphatic carbocycles. The minimum Gasteiger partial charge on any atom is -0.507 e. The van der Waals surface area contributed by atoms with Crippen LogP contribution < -0.4 is 0 Å². The highest BCUT2D eigenvalue weighted by atomic mass is 32.2. The first kappa shape index (κ1) is 40.4. The van der Waals surface area contributed by atoms with Gasteiger partial charge in [0.2, 0.25) is 0 Å². The predicted octanol–water partition coefficient (Wildman–Crippen LogP) is 13.6. The highest BCUT2D eigenvalue weighted by molar-refractivity contribution is 8.03. The molecule has 1 fully saturated rings. The maximum atomic E-state index is 12.0. The van der Waals surface area contributed by atoms with Crippen LogP contribution in [0.15, 0.2) is 84.9 Å². The largest absolute Gasteiger partial charge is 0.507 e. The molecule has 0 amide bonds. The average molecular weight is 737 g/mol. The number of hydrogen-bond donors (Lipinski definition) is 2. The third-order valence-electron chi connectivity index (χ3n) is 11.5. The van der Waals surface area contributed by atoms with Crippen molar-refractivity contribution in [1.29, 1.82) is 0 Å². The summed E-state index contributed by atoms with van der Waals surface area (Å²) < 4.78 is 0. The SMILES string of the molecule is CC(C)(C)c1cc(CS[C@@H]2CCCCCC[C@H]2SCc2cc(C(C)(C)C)cc(C(C)(C)c3ccccc3)c2O)c(O)c(C(C)(C)c2ccccc2)c1. The second-order valence-electron chi connectivity index (χ2n) is 18.2. The molecular weight excluding hydrogens is 673 g/mol. The van der Waals surface area contributed by atoms with E-state index in [0.717, 1.165) is 33.8 Å². The monoisotopic (exact) mass is 736 g/mol. The number of thioether (sulfide) groups is 2. The van der Waals surface area contributed by atoms with E-state index in [1.165, 1.54) is 60.8 Å². The summed E-state index contributed by atoms with van der Waals surface area (Å²) in [5, 5.41) is 24.9. The zero-order chi connectivity index (χ0) is 37.9. The van der Waals surface area contributed by atoms with Gasteiger partial charge >= 0.3 is 0 Å². The predicted molar refractivity (Wildman–Crippen MR) is 229 cm³/mol. The molecular formula is C48H64O2S2. The summed E-state index contributed by atoms with van der Waals surface area (Å²) in [5.41, 5.74) is 8.33. The van der Waals surface area contributed by atoms with Crippen molar-refractivity contribution >= 4 is 23.5 Å². The fourth-order valence-corrected chi connectivity index (χ4v) is 10.7. The van der Waals surface area contributed by atoms with Crippen molar-refractivity contribution in [2.75, 3.05) is 0 Å². The number of aromatic hydroxyl groups is 2. The minimum absolute atomic E-state index is 0.0369. The summed E-state index contributed by atoms with van der Waals surface area (Å²) in [5.74, 6) is 2.47. The Morgan fingerprint density at radius 3 is 1.15 bits per heavy atom. The normalized spacial score (nSPS) is 17.8. The molecule has 1 saturated carbocycles. The van der Waals surface area contributed by atoms with Crippen LogP contribution in [0.25, 0.3) is 0 Å². The Morgan fingerprint density at radius 2 is 0.827 bits per heavy atom. The van der Waals surface area contributed by atoms with E-state index >= 15 is 0 Å². The molecule has 0 spiro atoms. The van der Waals surface area contributed by atoms with Gasteiger partial charge in [-0.15, -0.1) is 0 Å². The number of phenols is 2. The van der Waals surface area contributed by atoms with Crippen molar-refractivity contribution < 1.29 is 10.2 Å². The third kappa shape index (κ3) is 9.27. The molecule has 0 aromatic heterocycles. The van der Waals surface area contributed by atoms with Crippen LogP contribution in [-0.2, 0) is 33.2 Å². The molecule has 0 unspecified atom stereocenters. The molecule has 4 heteroatoms. The topological polar surface area (TPSA) is 40.5 Å². The lowest BCUT2D eigenvalue weighted by Crippen LogP contribution is -2.24. The fourth-order valence-electron chi connectivity index (χ4n) is 7.64. The number of phenolic OH excluding ortho intramolecular Hbond substituents is 2. The van der Waals surface area contributed by atoms with Gasteiger partial charge in [0.25, 0.3) is 0 Å². The summed E-state index contributed by atoms with van der Waals surface area (Å²) in [7, 11) is 0. The Kier molecular flexibility index (Phi) is 12.6. The summed E-state index contributed by atoms with van der Waals surface area (Å²) in [6.45, 7) is 22.6. The Balaban J connectivity index is 1.44. The quantitative estimate of drug-likeness (QED) is 0.170. The van der Waals surface area contributed by atoms with Crippen LogP contribution in [-0.4, -0.2) is 20.7 Å². The zero-order valence-electron chi connectivity index (χ0n) is 33.6. The molecule has 0 aliphatic heterocycles. The number of rotatable bonds is 10. The summed E-state index contributed by atoms with van der Waals surface area (Å²) in [6, 6.07) is 30.2. The molecule has 52 heavy (non-hydrogen) atoms. The van der Waals surface area contributed by atoms with Gasteiger partial charge in [-0.05, 0) is 45.9 Å². The van der Waals surface area contributed by atoms with Gasteiger partial charge in [0.05, 0.1) is 0 Å². The van der Waals surface area contributed by atoms with Gasteiger partial charge < -0.3 is 10.2 Å². The molecule has 4 aromatic carbocycles. The van der Waals surface area contributed by atoms with Gasteiger partial charge in [0.1, 0.15) is 11.5 Å². The summed E-state index contributed by atoms with van der Waals surface area (Å²) in [6.07, 6.45) is 7.45. The molecule has 280 valence electrons. The molecule has 2 nitrogen and oxygen atoms in total. The van der Waals surface area contributed by atoms with Crippen molar-refractivity contribution in [1.82, 2.24) is 0 Å². The van der Waals surface area contributed by atoms with E-state index in [9.17, 15) is 10.2 Å². The number of hydrogen-bond acceptors (Lipinski definition) is 4. The Hall–Kier alpha value is -2.82. The molecule has 0 bridgehead atoms. The van der Waals surface area contributed by atoms with Gasteiger partial charge in [0.15, 0.2) is 0 Å². The van der Waals surface area contributed by atoms with Crippen molar-refractivity contribution in [3.8, 4) is 11.5 Å². The zero-order valence-corrected chi connectivity index (χ0v) is 35.2. The van der Waals surface area contributed by atoms with Gasteiger partial charge in [-0.3, -0.25) is 0 Å². The van der Waals surface area contributed by atoms with E-state index in [4.69, 9.17) is 0 Å². The van der Waals surface area contributed by atoms with Crippen LogP contribution >= 0.6 is 23.5 Å². The van der Waals surface area contributed by atoms with Gasteiger partial charge in [-0.1, -0.05) is 180 Å². The fraction of sp³-hybridized carbons (Fsp3) is 0.500. The summed E-state index contributed by atoms with van der Waals surface area (Å²) >= 11 is 4.08. The highest BCUT2D eigenvalue weighted by Gasteiger charge is 2.33. The Bertz CT molecular complexity index is 1640. The molecule has 0 radical (unpaired) electrons. The van der Waals surface area contributed by atoms with Crippen molar-refractivity contribution in [3.63, 3.8) is 0 Å². The maximum Gasteiger partial charge on any atom is 0.123 e. The second kappa shape index (κ2) is 16.3. The standard InChI is InChI=1S/C48H64O2S2/c1-45(2,3)37-27-33(43(49)39(29-37)47(7,8)35-21-15-13-16-22-35)31-51-41-25-19-11-12-20-26-42(41)52-32-34-28-38(46(4,5)6)30-40(44(34)50)48(9,10)36-23-17-14-18-24-36/h13-18,21-24,27-30,41-42,49-50H,11-12,19-20,25-26,31-32H2,1-10H3/t41-,42-/m1/s1. The van der Waals surface area contributed by atoms with Crippen LogP contribution in [0.2, 0.25) is 0 Å². The van der Waals surface area contributed by atoms with E-state index in [0.29, 0.717) is 22.0 Å². The Labute approximate surface area is 324 Å². The van der Waals surface area contributed by atoms with E-state index in [1.54, 1.807) is 0 Å². The molecule has 0 saturated heterocycles. The van der Waals surface area contributed by atoms with E-state index in [-0.39, 0.29) is 21.7 Å². The third-order valence-corrected chi connectivity index (χ3v) is 14.6. The average Bonchev–Trinajstić information content (AvgIpc) is 3.08. The van der Waals surface area contributed by atoms with E-state index in [1.807, 2.05) is 23.5 Å². The van der Waals surface area contributed by atoms with Crippen LogP contribution in [0.5, 0.6) is 11.5 Å². The van der Waals surface area contributed by atoms with Crippen LogP contribution in [0.4, 0.5) is 0 Å². The first-order chi connectivity index (χ1) is 24.4. The molecule has 0 heterocycles.